The smallest absolute Gasteiger partial charge is 0.145 e. The minimum absolute atomic E-state index is 0.0735. The molecule has 0 saturated heterocycles. The van der Waals surface area contributed by atoms with Crippen LogP contribution in [0.5, 0.6) is 5.75 Å². The van der Waals surface area contributed by atoms with Gasteiger partial charge in [0.15, 0.2) is 0 Å². The maximum absolute atomic E-state index is 11.6. The minimum atomic E-state index is -1.44. The van der Waals surface area contributed by atoms with Crippen LogP contribution in [0, 0.1) is 0 Å². The van der Waals surface area contributed by atoms with E-state index in [4.69, 9.17) is 17.2 Å². The number of hydrogen-bond acceptors (Lipinski definition) is 5. The molecule has 0 saturated carbocycles. The van der Waals surface area contributed by atoms with Crippen LogP contribution < -0.4 is 17.2 Å². The third-order valence-corrected chi connectivity index (χ3v) is 4.58. The Hall–Kier alpha value is -3.28. The number of rotatable bonds is 5. The van der Waals surface area contributed by atoms with Crippen molar-refractivity contribution in [3.63, 3.8) is 0 Å². The molecule has 0 aliphatic carbocycles. The van der Waals surface area contributed by atoms with E-state index in [0.717, 1.165) is 0 Å². The van der Waals surface area contributed by atoms with E-state index >= 15 is 0 Å². The summed E-state index contributed by atoms with van der Waals surface area (Å²) in [5.74, 6) is -0.0735. The van der Waals surface area contributed by atoms with Gasteiger partial charge in [0.2, 0.25) is 0 Å². The van der Waals surface area contributed by atoms with Crippen molar-refractivity contribution in [2.75, 3.05) is 11.5 Å². The van der Waals surface area contributed by atoms with Gasteiger partial charge in [0.05, 0.1) is 11.7 Å². The van der Waals surface area contributed by atoms with Gasteiger partial charge in [0.1, 0.15) is 11.4 Å². The average molecular weight is 361 g/mol. The van der Waals surface area contributed by atoms with Gasteiger partial charge in [-0.05, 0) is 23.3 Å². The van der Waals surface area contributed by atoms with Crippen LogP contribution in [-0.2, 0) is 5.60 Å². The van der Waals surface area contributed by atoms with E-state index in [-0.39, 0.29) is 11.4 Å². The summed E-state index contributed by atoms with van der Waals surface area (Å²) in [6, 6.07) is 20.8. The molecule has 0 amide bonds. The zero-order chi connectivity index (χ0) is 19.4. The molecule has 0 bridgehead atoms. The van der Waals surface area contributed by atoms with Gasteiger partial charge in [-0.15, -0.1) is 0 Å². The SMILES string of the molecule is Nc1cc(N)c(O)c(C=C[C@@H](N)C(O)(c2ccccc2)c2ccccc2)c1. The molecule has 0 aromatic heterocycles. The first-order valence-electron chi connectivity index (χ1n) is 8.58. The molecule has 0 heterocycles. The highest BCUT2D eigenvalue weighted by Crippen LogP contribution is 2.34. The zero-order valence-electron chi connectivity index (χ0n) is 14.8. The van der Waals surface area contributed by atoms with Gasteiger partial charge >= 0.3 is 0 Å². The molecule has 3 aromatic carbocycles. The topological polar surface area (TPSA) is 119 Å². The predicted octanol–water partition coefficient (Wildman–Crippen LogP) is 2.83. The van der Waals surface area contributed by atoms with E-state index in [1.807, 2.05) is 60.7 Å². The van der Waals surface area contributed by atoms with Crippen LogP contribution in [-0.4, -0.2) is 16.3 Å². The Balaban J connectivity index is 2.04. The molecule has 0 unspecified atom stereocenters. The lowest BCUT2D eigenvalue weighted by molar-refractivity contribution is 0.0672. The fraction of sp³-hybridized carbons (Fsp3) is 0.0909. The zero-order valence-corrected chi connectivity index (χ0v) is 14.8. The second kappa shape index (κ2) is 7.53. The van der Waals surface area contributed by atoms with Crippen LogP contribution in [0.2, 0.25) is 0 Å². The number of nitrogen functional groups attached to an aromatic ring is 2. The van der Waals surface area contributed by atoms with Crippen molar-refractivity contribution in [2.45, 2.75) is 11.6 Å². The monoisotopic (exact) mass is 361 g/mol. The lowest BCUT2D eigenvalue weighted by Gasteiger charge is -2.33. The molecule has 0 spiro atoms. The fourth-order valence-corrected chi connectivity index (χ4v) is 3.11. The maximum atomic E-state index is 11.6. The summed E-state index contributed by atoms with van der Waals surface area (Å²) < 4.78 is 0. The van der Waals surface area contributed by atoms with Crippen LogP contribution >= 0.6 is 0 Å². The van der Waals surface area contributed by atoms with E-state index in [9.17, 15) is 10.2 Å². The molecule has 1 atom stereocenters. The summed E-state index contributed by atoms with van der Waals surface area (Å²) in [6.45, 7) is 0. The van der Waals surface area contributed by atoms with Crippen molar-refractivity contribution in [3.8, 4) is 5.75 Å². The van der Waals surface area contributed by atoms with Gasteiger partial charge in [-0.3, -0.25) is 0 Å². The van der Waals surface area contributed by atoms with Crippen LogP contribution in [0.3, 0.4) is 0 Å². The molecule has 5 heteroatoms. The number of benzene rings is 3. The minimum Gasteiger partial charge on any atom is -0.505 e. The molecule has 5 nitrogen and oxygen atoms in total. The van der Waals surface area contributed by atoms with E-state index in [2.05, 4.69) is 0 Å². The van der Waals surface area contributed by atoms with E-state index in [0.29, 0.717) is 22.4 Å². The Morgan fingerprint density at radius 1 is 0.852 bits per heavy atom. The highest BCUT2D eigenvalue weighted by atomic mass is 16.3. The first-order valence-corrected chi connectivity index (χ1v) is 8.58. The van der Waals surface area contributed by atoms with Gasteiger partial charge in [0.25, 0.3) is 0 Å². The Morgan fingerprint density at radius 3 is 1.89 bits per heavy atom. The number of anilines is 2. The molecular formula is C22H23N3O2. The molecule has 0 radical (unpaired) electrons. The number of hydrogen-bond donors (Lipinski definition) is 5. The van der Waals surface area contributed by atoms with Crippen LogP contribution in [0.1, 0.15) is 16.7 Å². The molecular weight excluding hydrogens is 338 g/mol. The summed E-state index contributed by atoms with van der Waals surface area (Å²) in [4.78, 5) is 0. The van der Waals surface area contributed by atoms with Crippen LogP contribution in [0.15, 0.2) is 78.9 Å². The van der Waals surface area contributed by atoms with E-state index in [1.165, 1.54) is 6.07 Å². The lowest BCUT2D eigenvalue weighted by Crippen LogP contribution is -2.45. The molecule has 8 N–H and O–H groups in total. The molecule has 0 aliphatic rings. The summed E-state index contributed by atoms with van der Waals surface area (Å²) in [6.07, 6.45) is 3.25. The fourth-order valence-electron chi connectivity index (χ4n) is 3.11. The number of aliphatic hydroxyl groups is 1. The predicted molar refractivity (Wildman–Crippen MR) is 110 cm³/mol. The Morgan fingerprint density at radius 2 is 1.37 bits per heavy atom. The summed E-state index contributed by atoms with van der Waals surface area (Å²) in [5.41, 5.74) is 18.9. The van der Waals surface area contributed by atoms with Crippen molar-refractivity contribution in [2.24, 2.45) is 5.73 Å². The second-order valence-corrected chi connectivity index (χ2v) is 6.43. The van der Waals surface area contributed by atoms with Crippen molar-refractivity contribution in [3.05, 3.63) is 95.6 Å². The van der Waals surface area contributed by atoms with E-state index in [1.54, 1.807) is 18.2 Å². The van der Waals surface area contributed by atoms with Gasteiger partial charge in [-0.2, -0.15) is 0 Å². The van der Waals surface area contributed by atoms with Crippen molar-refractivity contribution < 1.29 is 10.2 Å². The molecule has 3 aromatic rings. The third kappa shape index (κ3) is 3.65. The van der Waals surface area contributed by atoms with Crippen LogP contribution in [0.4, 0.5) is 11.4 Å². The van der Waals surface area contributed by atoms with Crippen molar-refractivity contribution in [1.29, 1.82) is 0 Å². The quantitative estimate of drug-likeness (QED) is 0.272. The summed E-state index contributed by atoms with van der Waals surface area (Å²) >= 11 is 0. The number of phenols is 1. The van der Waals surface area contributed by atoms with E-state index < -0.39 is 11.6 Å². The number of aromatic hydroxyl groups is 1. The first kappa shape index (κ1) is 18.5. The van der Waals surface area contributed by atoms with Crippen molar-refractivity contribution in [1.82, 2.24) is 0 Å². The molecule has 0 fully saturated rings. The van der Waals surface area contributed by atoms with Crippen LogP contribution in [0.25, 0.3) is 6.08 Å². The lowest BCUT2D eigenvalue weighted by atomic mass is 9.80. The van der Waals surface area contributed by atoms with Gasteiger partial charge in [0, 0.05) is 11.3 Å². The van der Waals surface area contributed by atoms with Gasteiger partial charge < -0.3 is 27.4 Å². The average Bonchev–Trinajstić information content (AvgIpc) is 2.70. The highest BCUT2D eigenvalue weighted by molar-refractivity contribution is 5.72. The van der Waals surface area contributed by atoms with Crippen molar-refractivity contribution >= 4 is 17.5 Å². The Kier molecular flexibility index (Phi) is 5.16. The first-order chi connectivity index (χ1) is 12.9. The summed E-state index contributed by atoms with van der Waals surface area (Å²) in [7, 11) is 0. The maximum Gasteiger partial charge on any atom is 0.145 e. The largest absolute Gasteiger partial charge is 0.505 e. The summed E-state index contributed by atoms with van der Waals surface area (Å²) in [5, 5.41) is 21.7. The molecule has 27 heavy (non-hydrogen) atoms. The molecule has 0 aliphatic heterocycles. The number of nitrogens with two attached hydrogens (primary N) is 3. The molecule has 3 rings (SSSR count). The van der Waals surface area contributed by atoms with Gasteiger partial charge in [-0.25, -0.2) is 0 Å². The second-order valence-electron chi connectivity index (χ2n) is 6.43. The Bertz CT molecular complexity index is 901. The normalized spacial score (nSPS) is 13.0. The Labute approximate surface area is 158 Å². The standard InChI is InChI=1S/C22H23N3O2/c23-18-13-15(21(26)19(24)14-18)11-12-20(25)22(27,16-7-3-1-4-8-16)17-9-5-2-6-10-17/h1-14,20,26-27H,23-25H2/t20-/m1/s1. The number of phenolic OH excluding ortho intramolecular Hbond substituents is 1. The highest BCUT2D eigenvalue weighted by Gasteiger charge is 2.36. The van der Waals surface area contributed by atoms with Gasteiger partial charge in [-0.1, -0.05) is 72.8 Å². The molecule has 138 valence electrons. The third-order valence-electron chi connectivity index (χ3n) is 4.58.